The van der Waals surface area contributed by atoms with Crippen molar-refractivity contribution in [2.24, 2.45) is 0 Å². The molecule has 0 aliphatic carbocycles. The molecule has 1 amide bonds. The summed E-state index contributed by atoms with van der Waals surface area (Å²) >= 11 is 0. The first-order chi connectivity index (χ1) is 10.5. The summed E-state index contributed by atoms with van der Waals surface area (Å²) in [6.45, 7) is 1.79. The Bertz CT molecular complexity index is 553. The van der Waals surface area contributed by atoms with E-state index in [0.29, 0.717) is 23.5 Å². The van der Waals surface area contributed by atoms with Crippen molar-refractivity contribution >= 4 is 18.0 Å². The van der Waals surface area contributed by atoms with Crippen LogP contribution in [0.3, 0.4) is 0 Å². The predicted molar refractivity (Wildman–Crippen MR) is 82.8 cm³/mol. The quantitative estimate of drug-likeness (QED) is 0.614. The average molecular weight is 307 g/mol. The van der Waals surface area contributed by atoms with E-state index in [0.717, 1.165) is 0 Å². The van der Waals surface area contributed by atoms with Crippen molar-refractivity contribution in [1.82, 2.24) is 5.32 Å². The minimum Gasteiger partial charge on any atom is -0.497 e. The number of carbonyl (C=O) groups excluding carboxylic acids is 2. The van der Waals surface area contributed by atoms with Crippen LogP contribution in [0, 0.1) is 0 Å². The van der Waals surface area contributed by atoms with Crippen LogP contribution in [0.25, 0.3) is 6.08 Å². The van der Waals surface area contributed by atoms with Gasteiger partial charge in [-0.15, -0.1) is 0 Å². The molecule has 0 radical (unpaired) electrons. The largest absolute Gasteiger partial charge is 0.497 e. The lowest BCUT2D eigenvalue weighted by atomic mass is 10.1. The fraction of sp³-hybridized carbons (Fsp3) is 0.375. The maximum Gasteiger partial charge on any atom is 0.328 e. The summed E-state index contributed by atoms with van der Waals surface area (Å²) in [5.41, 5.74) is 0.697. The molecule has 1 aromatic carbocycles. The molecule has 0 aliphatic heterocycles. The monoisotopic (exact) mass is 307 g/mol. The molecular weight excluding hydrogens is 286 g/mol. The van der Waals surface area contributed by atoms with Crippen LogP contribution >= 0.6 is 0 Å². The molecule has 0 saturated carbocycles. The first kappa shape index (κ1) is 17.6. The molecule has 0 saturated heterocycles. The van der Waals surface area contributed by atoms with E-state index in [1.54, 1.807) is 45.4 Å². The molecule has 1 N–H and O–H groups in total. The zero-order valence-corrected chi connectivity index (χ0v) is 13.2. The van der Waals surface area contributed by atoms with Crippen LogP contribution in [-0.4, -0.2) is 39.2 Å². The second kappa shape index (κ2) is 8.71. The Morgan fingerprint density at radius 3 is 2.50 bits per heavy atom. The summed E-state index contributed by atoms with van der Waals surface area (Å²) in [7, 11) is 4.39. The van der Waals surface area contributed by atoms with E-state index in [1.165, 1.54) is 13.2 Å². The first-order valence-electron chi connectivity index (χ1n) is 6.84. The second-order valence-electron chi connectivity index (χ2n) is 4.43. The molecule has 22 heavy (non-hydrogen) atoms. The van der Waals surface area contributed by atoms with Gasteiger partial charge in [-0.3, -0.25) is 4.79 Å². The zero-order valence-electron chi connectivity index (χ0n) is 13.2. The minimum absolute atomic E-state index is 0.387. The number of esters is 1. The van der Waals surface area contributed by atoms with Crippen molar-refractivity contribution in [3.63, 3.8) is 0 Å². The van der Waals surface area contributed by atoms with Gasteiger partial charge in [0.1, 0.15) is 17.5 Å². The highest BCUT2D eigenvalue weighted by Gasteiger charge is 2.17. The molecule has 0 aromatic heterocycles. The maximum absolute atomic E-state index is 11.9. The lowest BCUT2D eigenvalue weighted by molar-refractivity contribution is -0.144. The number of carbonyl (C=O) groups is 2. The Morgan fingerprint density at radius 2 is 1.95 bits per heavy atom. The van der Waals surface area contributed by atoms with E-state index >= 15 is 0 Å². The standard InChI is InChI=1S/C16H21NO5/c1-5-13(16(19)22-4)17-15(18)9-6-11-10-12(20-2)7-8-14(11)21-3/h6-10,13H,5H2,1-4H3,(H,17,18)/b9-6+. The number of hydrogen-bond donors (Lipinski definition) is 1. The van der Waals surface area contributed by atoms with E-state index in [-0.39, 0.29) is 5.91 Å². The summed E-state index contributed by atoms with van der Waals surface area (Å²) in [6, 6.07) is 4.61. The van der Waals surface area contributed by atoms with E-state index in [4.69, 9.17) is 9.47 Å². The van der Waals surface area contributed by atoms with Crippen LogP contribution in [0.15, 0.2) is 24.3 Å². The molecule has 0 fully saturated rings. The zero-order chi connectivity index (χ0) is 16.5. The predicted octanol–water partition coefficient (Wildman–Crippen LogP) is 1.78. The number of amides is 1. The van der Waals surface area contributed by atoms with Crippen molar-refractivity contribution in [2.45, 2.75) is 19.4 Å². The summed E-state index contributed by atoms with van der Waals surface area (Å²) in [4.78, 5) is 23.3. The summed E-state index contributed by atoms with van der Waals surface area (Å²) in [5, 5.41) is 2.58. The van der Waals surface area contributed by atoms with Gasteiger partial charge in [0, 0.05) is 11.6 Å². The number of nitrogens with one attached hydrogen (secondary N) is 1. The average Bonchev–Trinajstić information content (AvgIpc) is 2.56. The van der Waals surface area contributed by atoms with Crippen molar-refractivity contribution in [3.05, 3.63) is 29.8 Å². The molecule has 0 aliphatic rings. The third-order valence-corrected chi connectivity index (χ3v) is 3.06. The fourth-order valence-corrected chi connectivity index (χ4v) is 1.82. The molecule has 120 valence electrons. The van der Waals surface area contributed by atoms with Gasteiger partial charge in [0.2, 0.25) is 5.91 Å². The third kappa shape index (κ3) is 4.80. The Morgan fingerprint density at radius 1 is 1.23 bits per heavy atom. The van der Waals surface area contributed by atoms with Gasteiger partial charge >= 0.3 is 5.97 Å². The van der Waals surface area contributed by atoms with Gasteiger partial charge in [0.15, 0.2) is 0 Å². The third-order valence-electron chi connectivity index (χ3n) is 3.06. The van der Waals surface area contributed by atoms with Crippen LogP contribution in [-0.2, 0) is 14.3 Å². The van der Waals surface area contributed by atoms with E-state index in [9.17, 15) is 9.59 Å². The number of rotatable bonds is 7. The highest BCUT2D eigenvalue weighted by Crippen LogP contribution is 2.24. The van der Waals surface area contributed by atoms with E-state index in [1.807, 2.05) is 0 Å². The summed E-state index contributed by atoms with van der Waals surface area (Å²) in [6.07, 6.45) is 3.39. The summed E-state index contributed by atoms with van der Waals surface area (Å²) < 4.78 is 15.0. The second-order valence-corrected chi connectivity index (χ2v) is 4.43. The fourth-order valence-electron chi connectivity index (χ4n) is 1.82. The number of ether oxygens (including phenoxy) is 3. The number of hydrogen-bond acceptors (Lipinski definition) is 5. The number of benzene rings is 1. The Kier molecular flexibility index (Phi) is 6.95. The van der Waals surface area contributed by atoms with Gasteiger partial charge in [-0.2, -0.15) is 0 Å². The Balaban J connectivity index is 2.82. The van der Waals surface area contributed by atoms with Gasteiger partial charge in [-0.1, -0.05) is 6.92 Å². The lowest BCUT2D eigenvalue weighted by Gasteiger charge is -2.12. The van der Waals surface area contributed by atoms with Crippen molar-refractivity contribution in [3.8, 4) is 11.5 Å². The lowest BCUT2D eigenvalue weighted by Crippen LogP contribution is -2.40. The molecule has 6 heteroatoms. The molecule has 0 bridgehead atoms. The highest BCUT2D eigenvalue weighted by molar-refractivity contribution is 5.94. The van der Waals surface area contributed by atoms with Crippen molar-refractivity contribution in [1.29, 1.82) is 0 Å². The van der Waals surface area contributed by atoms with Gasteiger partial charge in [0.25, 0.3) is 0 Å². The topological polar surface area (TPSA) is 73.9 Å². The van der Waals surface area contributed by atoms with Crippen molar-refractivity contribution < 1.29 is 23.8 Å². The number of methoxy groups -OCH3 is 3. The molecule has 0 spiro atoms. The first-order valence-corrected chi connectivity index (χ1v) is 6.84. The Hall–Kier alpha value is -2.50. The molecule has 0 heterocycles. The summed E-state index contributed by atoms with van der Waals surface area (Å²) in [5.74, 6) is 0.414. The van der Waals surface area contributed by atoms with Crippen LogP contribution in [0.1, 0.15) is 18.9 Å². The molecular formula is C16H21NO5. The van der Waals surface area contributed by atoms with Gasteiger partial charge in [-0.25, -0.2) is 4.79 Å². The van der Waals surface area contributed by atoms with E-state index < -0.39 is 12.0 Å². The molecule has 1 atom stereocenters. The molecule has 1 rings (SSSR count). The van der Waals surface area contributed by atoms with Gasteiger partial charge < -0.3 is 19.5 Å². The highest BCUT2D eigenvalue weighted by atomic mass is 16.5. The van der Waals surface area contributed by atoms with Gasteiger partial charge in [-0.05, 0) is 30.7 Å². The molecule has 1 unspecified atom stereocenters. The van der Waals surface area contributed by atoms with Crippen molar-refractivity contribution in [2.75, 3.05) is 21.3 Å². The smallest absolute Gasteiger partial charge is 0.328 e. The minimum atomic E-state index is -0.658. The van der Waals surface area contributed by atoms with Crippen LogP contribution < -0.4 is 14.8 Å². The molecule has 6 nitrogen and oxygen atoms in total. The van der Waals surface area contributed by atoms with Crippen LogP contribution in [0.4, 0.5) is 0 Å². The van der Waals surface area contributed by atoms with Crippen LogP contribution in [0.5, 0.6) is 11.5 Å². The normalized spacial score (nSPS) is 11.8. The SMILES string of the molecule is CCC(NC(=O)/C=C/c1cc(OC)ccc1OC)C(=O)OC. The van der Waals surface area contributed by atoms with E-state index in [2.05, 4.69) is 10.1 Å². The maximum atomic E-state index is 11.9. The molecule has 1 aromatic rings. The van der Waals surface area contributed by atoms with Crippen LogP contribution in [0.2, 0.25) is 0 Å². The Labute approximate surface area is 130 Å². The van der Waals surface area contributed by atoms with Gasteiger partial charge in [0.05, 0.1) is 21.3 Å².